The number of hydrogen-bond donors (Lipinski definition) is 3. The summed E-state index contributed by atoms with van der Waals surface area (Å²) >= 11 is 0. The maximum absolute atomic E-state index is 11.1. The summed E-state index contributed by atoms with van der Waals surface area (Å²) < 4.78 is 0. The Morgan fingerprint density at radius 3 is 2.47 bits per heavy atom. The molecule has 90 valence electrons. The van der Waals surface area contributed by atoms with Crippen LogP contribution in [0, 0.1) is 12.3 Å². The third-order valence-electron chi connectivity index (χ3n) is 2.26. The van der Waals surface area contributed by atoms with E-state index in [2.05, 4.69) is 16.6 Å². The molecular weight excluding hydrogens is 216 g/mol. The lowest BCUT2D eigenvalue weighted by Gasteiger charge is -2.06. The van der Waals surface area contributed by atoms with E-state index in [0.29, 0.717) is 6.54 Å². The van der Waals surface area contributed by atoms with Gasteiger partial charge in [0, 0.05) is 6.54 Å². The van der Waals surface area contributed by atoms with Crippen molar-refractivity contribution in [1.82, 2.24) is 10.6 Å². The smallest absolute Gasteiger partial charge is 0.315 e. The van der Waals surface area contributed by atoms with Gasteiger partial charge in [0.2, 0.25) is 0 Å². The highest BCUT2D eigenvalue weighted by molar-refractivity contribution is 5.74. The molecule has 0 aliphatic carbocycles. The molecule has 1 aromatic carbocycles. The van der Waals surface area contributed by atoms with Crippen LogP contribution >= 0.6 is 0 Å². The Morgan fingerprint density at radius 2 is 1.88 bits per heavy atom. The van der Waals surface area contributed by atoms with E-state index in [-0.39, 0.29) is 19.2 Å². The van der Waals surface area contributed by atoms with Crippen LogP contribution in [0.5, 0.6) is 0 Å². The molecule has 1 aromatic rings. The highest BCUT2D eigenvalue weighted by atomic mass is 16.3. The number of carbonyl (C=O) groups is 1. The molecule has 0 aliphatic rings. The zero-order valence-corrected chi connectivity index (χ0v) is 9.57. The van der Waals surface area contributed by atoms with Crippen molar-refractivity contribution in [2.45, 2.75) is 13.0 Å². The monoisotopic (exact) mass is 232 g/mol. The normalized spacial score (nSPS) is 9.41. The van der Waals surface area contributed by atoms with Gasteiger partial charge in [0.05, 0.1) is 13.2 Å². The van der Waals surface area contributed by atoms with Gasteiger partial charge in [-0.25, -0.2) is 4.79 Å². The molecule has 4 nitrogen and oxygen atoms in total. The summed E-state index contributed by atoms with van der Waals surface area (Å²) in [6, 6.07) is 7.36. The maximum Gasteiger partial charge on any atom is 0.315 e. The van der Waals surface area contributed by atoms with E-state index >= 15 is 0 Å². The number of rotatable bonds is 5. The summed E-state index contributed by atoms with van der Waals surface area (Å²) in [5.41, 5.74) is 1.99. The van der Waals surface area contributed by atoms with Gasteiger partial charge >= 0.3 is 6.03 Å². The van der Waals surface area contributed by atoms with Crippen LogP contribution < -0.4 is 10.6 Å². The quantitative estimate of drug-likeness (QED) is 0.653. The SMILES string of the molecule is C#CCNC(=O)NCCc1ccc(CO)cc1. The lowest BCUT2D eigenvalue weighted by molar-refractivity contribution is 0.242. The van der Waals surface area contributed by atoms with Gasteiger partial charge in [0.25, 0.3) is 0 Å². The maximum atomic E-state index is 11.1. The molecule has 0 fully saturated rings. The number of aliphatic hydroxyl groups excluding tert-OH is 1. The second-order valence-electron chi connectivity index (χ2n) is 3.54. The number of nitrogens with one attached hydrogen (secondary N) is 2. The number of carbonyl (C=O) groups excluding carboxylic acids is 1. The van der Waals surface area contributed by atoms with Gasteiger partial charge < -0.3 is 15.7 Å². The average molecular weight is 232 g/mol. The molecular formula is C13H16N2O2. The van der Waals surface area contributed by atoms with Crippen molar-refractivity contribution in [1.29, 1.82) is 0 Å². The first-order chi connectivity index (χ1) is 8.26. The van der Waals surface area contributed by atoms with Crippen LogP contribution in [0.1, 0.15) is 11.1 Å². The molecule has 4 heteroatoms. The predicted octanol–water partition coefficient (Wildman–Crippen LogP) is 0.654. The molecule has 17 heavy (non-hydrogen) atoms. The lowest BCUT2D eigenvalue weighted by atomic mass is 10.1. The highest BCUT2D eigenvalue weighted by Crippen LogP contribution is 2.04. The molecule has 0 bridgehead atoms. The molecule has 0 unspecified atom stereocenters. The Balaban J connectivity index is 2.26. The van der Waals surface area contributed by atoms with Gasteiger partial charge in [-0.05, 0) is 17.5 Å². The zero-order chi connectivity index (χ0) is 12.5. The van der Waals surface area contributed by atoms with Crippen LogP contribution in [0.3, 0.4) is 0 Å². The van der Waals surface area contributed by atoms with Crippen molar-refractivity contribution in [3.63, 3.8) is 0 Å². The Bertz CT molecular complexity index is 393. The summed E-state index contributed by atoms with van der Waals surface area (Å²) in [7, 11) is 0. The predicted molar refractivity (Wildman–Crippen MR) is 66.3 cm³/mol. The van der Waals surface area contributed by atoms with Crippen molar-refractivity contribution in [3.8, 4) is 12.3 Å². The Morgan fingerprint density at radius 1 is 1.24 bits per heavy atom. The standard InChI is InChI=1S/C13H16N2O2/c1-2-8-14-13(17)15-9-7-11-3-5-12(10-16)6-4-11/h1,3-6,16H,7-10H2,(H2,14,15,17). The van der Waals surface area contributed by atoms with E-state index in [0.717, 1.165) is 17.5 Å². The van der Waals surface area contributed by atoms with Crippen molar-refractivity contribution in [3.05, 3.63) is 35.4 Å². The number of hydrogen-bond acceptors (Lipinski definition) is 2. The molecule has 1 rings (SSSR count). The minimum Gasteiger partial charge on any atom is -0.392 e. The molecule has 0 saturated carbocycles. The lowest BCUT2D eigenvalue weighted by Crippen LogP contribution is -2.36. The summed E-state index contributed by atoms with van der Waals surface area (Å²) in [5, 5.41) is 14.1. The van der Waals surface area contributed by atoms with Gasteiger partial charge in [-0.2, -0.15) is 0 Å². The van der Waals surface area contributed by atoms with Gasteiger partial charge in [0.15, 0.2) is 0 Å². The first-order valence-corrected chi connectivity index (χ1v) is 5.40. The van der Waals surface area contributed by atoms with E-state index in [9.17, 15) is 4.79 Å². The molecule has 0 spiro atoms. The summed E-state index contributed by atoms with van der Waals surface area (Å²) in [6.07, 6.45) is 5.76. The topological polar surface area (TPSA) is 61.4 Å². The Labute approximate surface area is 101 Å². The molecule has 0 heterocycles. The van der Waals surface area contributed by atoms with Gasteiger partial charge in [0.1, 0.15) is 0 Å². The van der Waals surface area contributed by atoms with Gasteiger partial charge in [-0.15, -0.1) is 6.42 Å². The van der Waals surface area contributed by atoms with Crippen LogP contribution in [0.4, 0.5) is 4.79 Å². The van der Waals surface area contributed by atoms with Crippen molar-refractivity contribution >= 4 is 6.03 Å². The summed E-state index contributed by atoms with van der Waals surface area (Å²) in [4.78, 5) is 11.1. The molecule has 0 aliphatic heterocycles. The van der Waals surface area contributed by atoms with Crippen LogP contribution in [-0.2, 0) is 13.0 Å². The average Bonchev–Trinajstić information content (AvgIpc) is 2.37. The minimum absolute atomic E-state index is 0.0486. The largest absolute Gasteiger partial charge is 0.392 e. The fourth-order valence-electron chi connectivity index (χ4n) is 1.33. The first-order valence-electron chi connectivity index (χ1n) is 5.40. The number of amides is 2. The number of terminal acetylenes is 1. The molecule has 3 N–H and O–H groups in total. The third kappa shape index (κ3) is 5.05. The van der Waals surface area contributed by atoms with E-state index < -0.39 is 0 Å². The van der Waals surface area contributed by atoms with Crippen LogP contribution in [0.2, 0.25) is 0 Å². The van der Waals surface area contributed by atoms with Crippen molar-refractivity contribution < 1.29 is 9.90 Å². The highest BCUT2D eigenvalue weighted by Gasteiger charge is 1.98. The van der Waals surface area contributed by atoms with E-state index in [1.54, 1.807) is 0 Å². The van der Waals surface area contributed by atoms with Crippen molar-refractivity contribution in [2.75, 3.05) is 13.1 Å². The van der Waals surface area contributed by atoms with Crippen molar-refractivity contribution in [2.24, 2.45) is 0 Å². The Kier molecular flexibility index (Phi) is 5.62. The zero-order valence-electron chi connectivity index (χ0n) is 9.57. The second kappa shape index (κ2) is 7.31. The van der Waals surface area contributed by atoms with E-state index in [4.69, 9.17) is 11.5 Å². The van der Waals surface area contributed by atoms with Crippen LogP contribution in [0.25, 0.3) is 0 Å². The van der Waals surface area contributed by atoms with Gasteiger partial charge in [-0.3, -0.25) is 0 Å². The number of aliphatic hydroxyl groups is 1. The van der Waals surface area contributed by atoms with E-state index in [1.807, 2.05) is 24.3 Å². The fraction of sp³-hybridized carbons (Fsp3) is 0.308. The molecule has 0 aromatic heterocycles. The Hall–Kier alpha value is -1.99. The minimum atomic E-state index is -0.255. The molecule has 0 saturated heterocycles. The summed E-state index contributed by atoms with van der Waals surface area (Å²) in [5.74, 6) is 2.32. The summed E-state index contributed by atoms with van der Waals surface area (Å²) in [6.45, 7) is 0.832. The molecule has 0 atom stereocenters. The molecule has 2 amide bonds. The van der Waals surface area contributed by atoms with Gasteiger partial charge in [-0.1, -0.05) is 30.2 Å². The molecule has 0 radical (unpaired) electrons. The number of benzene rings is 1. The van der Waals surface area contributed by atoms with E-state index in [1.165, 1.54) is 0 Å². The fourth-order valence-corrected chi connectivity index (χ4v) is 1.33. The van der Waals surface area contributed by atoms with Crippen LogP contribution in [-0.4, -0.2) is 24.2 Å². The first kappa shape index (κ1) is 13.1. The number of urea groups is 1. The third-order valence-corrected chi connectivity index (χ3v) is 2.26. The van der Waals surface area contributed by atoms with Crippen LogP contribution in [0.15, 0.2) is 24.3 Å². The second-order valence-corrected chi connectivity index (χ2v) is 3.54.